The molecule has 0 spiro atoms. The molecule has 0 unspecified atom stereocenters. The lowest BCUT2D eigenvalue weighted by Gasteiger charge is -2.23. The lowest BCUT2D eigenvalue weighted by Crippen LogP contribution is -2.38. The highest BCUT2D eigenvalue weighted by atomic mass is 32.1. The molecule has 1 saturated heterocycles. The summed E-state index contributed by atoms with van der Waals surface area (Å²) >= 11 is 1.46. The summed E-state index contributed by atoms with van der Waals surface area (Å²) in [6.07, 6.45) is 6.58. The number of hydrogen-bond acceptors (Lipinski definition) is 5. The molecular weight excluding hydrogens is 286 g/mol. The number of aromatic nitrogens is 4. The van der Waals surface area contributed by atoms with Crippen LogP contribution >= 0.6 is 11.3 Å². The molecule has 0 radical (unpaired) electrons. The number of carbonyl (C=O) groups is 1. The number of rotatable bonds is 4. The molecule has 0 aromatic carbocycles. The summed E-state index contributed by atoms with van der Waals surface area (Å²) < 4.78 is 1.89. The summed E-state index contributed by atoms with van der Waals surface area (Å²) in [5.74, 6) is 0.663. The molecule has 2 aliphatic rings. The Kier molecular flexibility index (Phi) is 3.21. The minimum atomic E-state index is 0.0429. The van der Waals surface area contributed by atoms with Gasteiger partial charge in [-0.05, 0) is 25.7 Å². The van der Waals surface area contributed by atoms with E-state index in [-0.39, 0.29) is 11.9 Å². The van der Waals surface area contributed by atoms with E-state index in [1.54, 1.807) is 5.51 Å². The summed E-state index contributed by atoms with van der Waals surface area (Å²) in [4.78, 5) is 18.5. The molecule has 0 N–H and O–H groups in total. The van der Waals surface area contributed by atoms with Crippen molar-refractivity contribution >= 4 is 17.2 Å². The van der Waals surface area contributed by atoms with Crippen LogP contribution in [-0.2, 0) is 6.54 Å². The van der Waals surface area contributed by atoms with Gasteiger partial charge in [-0.3, -0.25) is 9.48 Å². The maximum atomic E-state index is 12.5. The number of hydrogen-bond donors (Lipinski definition) is 0. The SMILES string of the molecule is O=C(c1cscn1)N1CCC[C@H]1Cn1cc(C2CC2)nn1. The van der Waals surface area contributed by atoms with Crippen LogP contribution in [0, 0.1) is 0 Å². The van der Waals surface area contributed by atoms with Crippen LogP contribution in [0.25, 0.3) is 0 Å². The van der Waals surface area contributed by atoms with Gasteiger partial charge in [-0.2, -0.15) is 0 Å². The molecule has 21 heavy (non-hydrogen) atoms. The Hall–Kier alpha value is -1.76. The first-order valence-corrected chi connectivity index (χ1v) is 8.35. The van der Waals surface area contributed by atoms with E-state index in [4.69, 9.17) is 0 Å². The predicted molar refractivity (Wildman–Crippen MR) is 78.2 cm³/mol. The Morgan fingerprint density at radius 1 is 1.38 bits per heavy atom. The Morgan fingerprint density at radius 2 is 2.29 bits per heavy atom. The molecular formula is C14H17N5OS. The lowest BCUT2D eigenvalue weighted by atomic mass is 10.2. The van der Waals surface area contributed by atoms with Crippen molar-refractivity contribution in [1.29, 1.82) is 0 Å². The third kappa shape index (κ3) is 2.57. The van der Waals surface area contributed by atoms with Crippen LogP contribution in [0.1, 0.15) is 47.8 Å². The standard InChI is InChI=1S/C14H17N5OS/c20-14(13-8-21-9-15-13)19-5-1-2-11(19)6-18-7-12(16-17-18)10-3-4-10/h7-11H,1-6H2/t11-/m0/s1. The van der Waals surface area contributed by atoms with Crippen molar-refractivity contribution in [3.8, 4) is 0 Å². The zero-order chi connectivity index (χ0) is 14.2. The average Bonchev–Trinajstić information content (AvgIpc) is 2.96. The zero-order valence-corrected chi connectivity index (χ0v) is 12.5. The molecule has 4 rings (SSSR count). The molecule has 1 aliphatic carbocycles. The summed E-state index contributed by atoms with van der Waals surface area (Å²) in [6.45, 7) is 1.54. The van der Waals surface area contributed by atoms with Gasteiger partial charge in [-0.1, -0.05) is 5.21 Å². The van der Waals surface area contributed by atoms with E-state index in [1.165, 1.54) is 24.2 Å². The predicted octanol–water partition coefficient (Wildman–Crippen LogP) is 1.92. The van der Waals surface area contributed by atoms with E-state index < -0.39 is 0 Å². The van der Waals surface area contributed by atoms with Crippen molar-refractivity contribution in [2.24, 2.45) is 0 Å². The topological polar surface area (TPSA) is 63.9 Å². The summed E-state index contributed by atoms with van der Waals surface area (Å²) in [5, 5.41) is 10.3. The molecule has 7 heteroatoms. The summed E-state index contributed by atoms with van der Waals surface area (Å²) in [5.41, 5.74) is 3.37. The lowest BCUT2D eigenvalue weighted by molar-refractivity contribution is 0.0716. The normalized spacial score (nSPS) is 21.9. The van der Waals surface area contributed by atoms with E-state index in [0.717, 1.165) is 31.6 Å². The molecule has 1 aliphatic heterocycles. The van der Waals surface area contributed by atoms with Crippen LogP contribution in [0.15, 0.2) is 17.1 Å². The maximum absolute atomic E-state index is 12.5. The monoisotopic (exact) mass is 303 g/mol. The van der Waals surface area contributed by atoms with E-state index in [2.05, 4.69) is 15.3 Å². The van der Waals surface area contributed by atoms with Gasteiger partial charge in [0.2, 0.25) is 0 Å². The second kappa shape index (κ2) is 5.22. The Morgan fingerprint density at radius 3 is 3.05 bits per heavy atom. The molecule has 6 nitrogen and oxygen atoms in total. The largest absolute Gasteiger partial charge is 0.332 e. The van der Waals surface area contributed by atoms with Gasteiger partial charge < -0.3 is 4.90 Å². The molecule has 2 fully saturated rings. The maximum Gasteiger partial charge on any atom is 0.273 e. The minimum Gasteiger partial charge on any atom is -0.332 e. The van der Waals surface area contributed by atoms with Crippen LogP contribution in [0.4, 0.5) is 0 Å². The third-order valence-electron chi connectivity index (χ3n) is 4.24. The quantitative estimate of drug-likeness (QED) is 0.865. The Balaban J connectivity index is 1.46. The smallest absolute Gasteiger partial charge is 0.273 e. The van der Waals surface area contributed by atoms with Crippen LogP contribution in [-0.4, -0.2) is 43.4 Å². The van der Waals surface area contributed by atoms with Gasteiger partial charge in [0.25, 0.3) is 5.91 Å². The van der Waals surface area contributed by atoms with Crippen molar-refractivity contribution in [3.63, 3.8) is 0 Å². The zero-order valence-electron chi connectivity index (χ0n) is 11.7. The van der Waals surface area contributed by atoms with Gasteiger partial charge >= 0.3 is 0 Å². The first-order valence-electron chi connectivity index (χ1n) is 7.40. The fourth-order valence-corrected chi connectivity index (χ4v) is 3.47. The number of amides is 1. The molecule has 2 aromatic heterocycles. The Bertz CT molecular complexity index is 634. The molecule has 0 bridgehead atoms. The second-order valence-corrected chi connectivity index (χ2v) is 6.53. The van der Waals surface area contributed by atoms with Gasteiger partial charge in [0, 0.05) is 24.0 Å². The van der Waals surface area contributed by atoms with Crippen molar-refractivity contribution in [1.82, 2.24) is 24.9 Å². The van der Waals surface area contributed by atoms with Crippen LogP contribution in [0.3, 0.4) is 0 Å². The molecule has 1 amide bonds. The van der Waals surface area contributed by atoms with E-state index >= 15 is 0 Å². The van der Waals surface area contributed by atoms with Crippen molar-refractivity contribution < 1.29 is 4.79 Å². The summed E-state index contributed by atoms with van der Waals surface area (Å²) in [6, 6.07) is 0.202. The molecule has 2 aromatic rings. The van der Waals surface area contributed by atoms with Gasteiger partial charge in [0.1, 0.15) is 5.69 Å². The van der Waals surface area contributed by atoms with E-state index in [9.17, 15) is 4.79 Å². The second-order valence-electron chi connectivity index (χ2n) is 5.81. The van der Waals surface area contributed by atoms with Gasteiger partial charge in [-0.15, -0.1) is 16.4 Å². The van der Waals surface area contributed by atoms with Gasteiger partial charge in [0.05, 0.1) is 23.8 Å². The minimum absolute atomic E-state index is 0.0429. The highest BCUT2D eigenvalue weighted by molar-refractivity contribution is 7.07. The van der Waals surface area contributed by atoms with Crippen molar-refractivity contribution in [3.05, 3.63) is 28.5 Å². The summed E-state index contributed by atoms with van der Waals surface area (Å²) in [7, 11) is 0. The number of carbonyl (C=O) groups excluding carboxylic acids is 1. The van der Waals surface area contributed by atoms with E-state index in [1.807, 2.05) is 21.2 Å². The van der Waals surface area contributed by atoms with Gasteiger partial charge in [0.15, 0.2) is 0 Å². The Labute approximate surface area is 126 Å². The van der Waals surface area contributed by atoms with Crippen LogP contribution in [0.2, 0.25) is 0 Å². The van der Waals surface area contributed by atoms with Crippen molar-refractivity contribution in [2.75, 3.05) is 6.54 Å². The molecule has 3 heterocycles. The fourth-order valence-electron chi connectivity index (χ4n) is 2.94. The van der Waals surface area contributed by atoms with Crippen molar-refractivity contribution in [2.45, 2.75) is 44.2 Å². The first-order chi connectivity index (χ1) is 10.3. The number of nitrogens with zero attached hydrogens (tertiary/aromatic N) is 5. The fraction of sp³-hybridized carbons (Fsp3) is 0.571. The van der Waals surface area contributed by atoms with E-state index in [0.29, 0.717) is 11.6 Å². The molecule has 1 saturated carbocycles. The van der Waals surface area contributed by atoms with Gasteiger partial charge in [-0.25, -0.2) is 4.98 Å². The molecule has 110 valence electrons. The van der Waals surface area contributed by atoms with Crippen LogP contribution in [0.5, 0.6) is 0 Å². The number of thiazole rings is 1. The first kappa shape index (κ1) is 12.9. The highest BCUT2D eigenvalue weighted by Gasteiger charge is 2.31. The third-order valence-corrected chi connectivity index (χ3v) is 4.83. The van der Waals surface area contributed by atoms with Crippen LogP contribution < -0.4 is 0 Å². The highest BCUT2D eigenvalue weighted by Crippen LogP contribution is 2.38. The average molecular weight is 303 g/mol. The molecule has 1 atom stereocenters. The number of likely N-dealkylation sites (tertiary alicyclic amines) is 1.